The van der Waals surface area contributed by atoms with Gasteiger partial charge in [-0.1, -0.05) is 6.07 Å². The van der Waals surface area contributed by atoms with Gasteiger partial charge in [0.05, 0.1) is 11.3 Å². The summed E-state index contributed by atoms with van der Waals surface area (Å²) in [5, 5.41) is 0. The van der Waals surface area contributed by atoms with Crippen molar-refractivity contribution < 1.29 is 21.6 Å². The van der Waals surface area contributed by atoms with Gasteiger partial charge in [0.15, 0.2) is 0 Å². The van der Waals surface area contributed by atoms with Crippen LogP contribution in [0.5, 0.6) is 0 Å². The Balaban J connectivity index is 2.27. The van der Waals surface area contributed by atoms with Gasteiger partial charge in [-0.05, 0) is 25.0 Å². The summed E-state index contributed by atoms with van der Waals surface area (Å²) in [6.45, 7) is 0. The monoisotopic (exact) mass is 290 g/mol. The summed E-state index contributed by atoms with van der Waals surface area (Å²) >= 11 is 0. The predicted octanol–water partition coefficient (Wildman–Crippen LogP) is 2.40. The Morgan fingerprint density at radius 1 is 1.26 bits per heavy atom. The molecule has 0 aromatic heterocycles. The van der Waals surface area contributed by atoms with E-state index < -0.39 is 26.7 Å². The van der Waals surface area contributed by atoms with Gasteiger partial charge in [-0.25, -0.2) is 0 Å². The highest BCUT2D eigenvalue weighted by atomic mass is 32.2. The van der Waals surface area contributed by atoms with Gasteiger partial charge >= 0.3 is 6.18 Å². The van der Waals surface area contributed by atoms with Crippen molar-refractivity contribution in [2.24, 2.45) is 4.40 Å². The van der Waals surface area contributed by atoms with E-state index >= 15 is 0 Å². The fourth-order valence-corrected chi connectivity index (χ4v) is 3.32. The minimum atomic E-state index is -4.72. The van der Waals surface area contributed by atoms with Crippen LogP contribution in [0.15, 0.2) is 27.5 Å². The Bertz CT molecular complexity index is 663. The van der Waals surface area contributed by atoms with E-state index in [-0.39, 0.29) is 11.7 Å². The minimum absolute atomic E-state index is 0.0430. The Labute approximate surface area is 107 Å². The summed E-state index contributed by atoms with van der Waals surface area (Å²) in [4.78, 5) is 0.767. The SMILES string of the molecule is O=S1(=O)N=CN(C2CC2)c2cccc(C(F)(F)F)c21. The summed E-state index contributed by atoms with van der Waals surface area (Å²) < 4.78 is 65.7. The van der Waals surface area contributed by atoms with E-state index in [1.54, 1.807) is 0 Å². The third-order valence-electron chi connectivity index (χ3n) is 3.09. The fourth-order valence-electron chi connectivity index (χ4n) is 2.09. The zero-order valence-corrected chi connectivity index (χ0v) is 10.4. The number of hydrogen-bond acceptors (Lipinski definition) is 3. The molecule has 0 N–H and O–H groups in total. The van der Waals surface area contributed by atoms with Crippen LogP contribution in [0.3, 0.4) is 0 Å². The van der Waals surface area contributed by atoms with E-state index in [1.807, 2.05) is 0 Å². The second-order valence-corrected chi connectivity index (χ2v) is 6.06. The number of halogens is 3. The lowest BCUT2D eigenvalue weighted by atomic mass is 10.1. The third-order valence-corrected chi connectivity index (χ3v) is 4.40. The molecule has 0 amide bonds. The van der Waals surface area contributed by atoms with Gasteiger partial charge in [-0.15, -0.1) is 4.40 Å². The molecule has 0 spiro atoms. The van der Waals surface area contributed by atoms with Crippen LogP contribution in [-0.2, 0) is 16.2 Å². The minimum Gasteiger partial charge on any atom is -0.327 e. The molecule has 8 heteroatoms. The first kappa shape index (κ1) is 12.5. The zero-order valence-electron chi connectivity index (χ0n) is 9.55. The first-order valence-electron chi connectivity index (χ1n) is 5.60. The Kier molecular flexibility index (Phi) is 2.44. The standard InChI is InChI=1S/C11H9F3N2O2S/c12-11(13,14)8-2-1-3-9-10(8)19(17,18)15-6-16(9)7-4-5-7/h1-3,6-7H,4-5H2. The van der Waals surface area contributed by atoms with Crippen LogP contribution in [0.4, 0.5) is 18.9 Å². The summed E-state index contributed by atoms with van der Waals surface area (Å²) in [6, 6.07) is 3.40. The molecule has 1 heterocycles. The lowest BCUT2D eigenvalue weighted by molar-refractivity contribution is -0.139. The van der Waals surface area contributed by atoms with Crippen molar-refractivity contribution in [3.05, 3.63) is 23.8 Å². The van der Waals surface area contributed by atoms with Crippen molar-refractivity contribution >= 4 is 22.0 Å². The zero-order chi connectivity index (χ0) is 13.8. The average molecular weight is 290 g/mol. The molecule has 4 nitrogen and oxygen atoms in total. The maximum absolute atomic E-state index is 12.9. The number of anilines is 1. The van der Waals surface area contributed by atoms with E-state index in [1.165, 1.54) is 17.0 Å². The van der Waals surface area contributed by atoms with E-state index in [2.05, 4.69) is 4.40 Å². The number of rotatable bonds is 1. The molecule has 1 fully saturated rings. The topological polar surface area (TPSA) is 49.7 Å². The van der Waals surface area contributed by atoms with Gasteiger partial charge in [0.25, 0.3) is 10.0 Å². The molecule has 102 valence electrons. The van der Waals surface area contributed by atoms with Crippen molar-refractivity contribution in [3.63, 3.8) is 0 Å². The van der Waals surface area contributed by atoms with E-state index in [4.69, 9.17) is 0 Å². The summed E-state index contributed by atoms with van der Waals surface area (Å²) in [5.74, 6) is 0. The molecule has 1 aromatic rings. The third kappa shape index (κ3) is 1.99. The number of fused-ring (bicyclic) bond motifs is 1. The highest BCUT2D eigenvalue weighted by Crippen LogP contribution is 2.43. The summed E-state index contributed by atoms with van der Waals surface area (Å²) in [7, 11) is -4.29. The predicted molar refractivity (Wildman–Crippen MR) is 62.6 cm³/mol. The number of sulfonamides is 1. The van der Waals surface area contributed by atoms with Gasteiger partial charge in [0.1, 0.15) is 11.2 Å². The van der Waals surface area contributed by atoms with Crippen LogP contribution in [0.1, 0.15) is 18.4 Å². The molecular formula is C11H9F3N2O2S. The highest BCUT2D eigenvalue weighted by molar-refractivity contribution is 7.90. The van der Waals surface area contributed by atoms with Crippen molar-refractivity contribution in [1.82, 2.24) is 0 Å². The van der Waals surface area contributed by atoms with E-state index in [0.29, 0.717) is 0 Å². The largest absolute Gasteiger partial charge is 0.417 e. The Hall–Kier alpha value is -1.57. The van der Waals surface area contributed by atoms with Gasteiger partial charge in [0, 0.05) is 6.04 Å². The van der Waals surface area contributed by atoms with E-state index in [0.717, 1.165) is 25.2 Å². The van der Waals surface area contributed by atoms with Gasteiger partial charge in [-0.2, -0.15) is 21.6 Å². The van der Waals surface area contributed by atoms with Crippen molar-refractivity contribution in [3.8, 4) is 0 Å². The highest BCUT2D eigenvalue weighted by Gasteiger charge is 2.42. The molecular weight excluding hydrogens is 281 g/mol. The second-order valence-electron chi connectivity index (χ2n) is 4.49. The summed E-state index contributed by atoms with van der Waals surface area (Å²) in [6.07, 6.45) is -1.97. The van der Waals surface area contributed by atoms with Crippen LogP contribution in [0.25, 0.3) is 0 Å². The molecule has 0 atom stereocenters. The van der Waals surface area contributed by atoms with Crippen LogP contribution >= 0.6 is 0 Å². The second kappa shape index (κ2) is 3.72. The Morgan fingerprint density at radius 3 is 2.53 bits per heavy atom. The molecule has 1 saturated carbocycles. The van der Waals surface area contributed by atoms with Gasteiger partial charge in [0.2, 0.25) is 0 Å². The molecule has 0 saturated heterocycles. The number of alkyl halides is 3. The lowest BCUT2D eigenvalue weighted by Gasteiger charge is -2.26. The molecule has 0 unspecified atom stereocenters. The molecule has 0 radical (unpaired) electrons. The van der Waals surface area contributed by atoms with Crippen molar-refractivity contribution in [2.75, 3.05) is 4.90 Å². The summed E-state index contributed by atoms with van der Waals surface area (Å²) in [5.41, 5.74) is -1.10. The fraction of sp³-hybridized carbons (Fsp3) is 0.364. The van der Waals surface area contributed by atoms with Crippen molar-refractivity contribution in [2.45, 2.75) is 30.0 Å². The quantitative estimate of drug-likeness (QED) is 0.798. The average Bonchev–Trinajstić information content (AvgIpc) is 3.11. The molecule has 2 aliphatic rings. The smallest absolute Gasteiger partial charge is 0.327 e. The first-order valence-corrected chi connectivity index (χ1v) is 7.04. The molecule has 1 aliphatic heterocycles. The first-order chi connectivity index (χ1) is 8.81. The Morgan fingerprint density at radius 2 is 1.95 bits per heavy atom. The molecule has 0 bridgehead atoms. The van der Waals surface area contributed by atoms with Crippen LogP contribution < -0.4 is 4.90 Å². The molecule has 1 aromatic carbocycles. The molecule has 19 heavy (non-hydrogen) atoms. The number of benzene rings is 1. The maximum atomic E-state index is 12.9. The van der Waals surface area contributed by atoms with Crippen LogP contribution in [0, 0.1) is 0 Å². The normalized spacial score (nSPS) is 21.3. The number of nitrogens with zero attached hydrogens (tertiary/aromatic N) is 2. The van der Waals surface area contributed by atoms with Gasteiger partial charge in [-0.3, -0.25) is 0 Å². The maximum Gasteiger partial charge on any atom is 0.417 e. The van der Waals surface area contributed by atoms with Crippen molar-refractivity contribution in [1.29, 1.82) is 0 Å². The van der Waals surface area contributed by atoms with Crippen LogP contribution in [-0.4, -0.2) is 20.8 Å². The van der Waals surface area contributed by atoms with E-state index in [9.17, 15) is 21.6 Å². The molecule has 1 aliphatic carbocycles. The number of hydrogen-bond donors (Lipinski definition) is 0. The van der Waals surface area contributed by atoms with Crippen LogP contribution in [0.2, 0.25) is 0 Å². The molecule has 3 rings (SSSR count). The lowest BCUT2D eigenvalue weighted by Crippen LogP contribution is -2.30. The van der Waals surface area contributed by atoms with Gasteiger partial charge < -0.3 is 4.90 Å².